The van der Waals surface area contributed by atoms with Crippen LogP contribution in [0.5, 0.6) is 0 Å². The van der Waals surface area contributed by atoms with Crippen LogP contribution in [0.4, 0.5) is 0 Å². The monoisotopic (exact) mass is 288 g/mol. The molecular formula is C15H17ClN4. The molecule has 4 nitrogen and oxygen atoms in total. The number of hydrogen-bond donors (Lipinski definition) is 2. The van der Waals surface area contributed by atoms with Crippen LogP contribution in [0.3, 0.4) is 0 Å². The molecule has 0 fully saturated rings. The lowest BCUT2D eigenvalue weighted by Crippen LogP contribution is -2.30. The van der Waals surface area contributed by atoms with E-state index in [1.165, 1.54) is 0 Å². The molecular weight excluding hydrogens is 272 g/mol. The standard InChI is InChI=1S/C15H17ClN4/c1-8-11(16)4-3-9-13(15(17)18)10-7-20(2)6-5-12(10)19-14(8)9/h3-4H,5-7H2,1-2H3,(H3,17,18). The Morgan fingerprint density at radius 1 is 1.45 bits per heavy atom. The van der Waals surface area contributed by atoms with E-state index < -0.39 is 0 Å². The number of amidine groups is 1. The number of likely N-dealkylation sites (N-methyl/N-ethyl adjacent to an activating group) is 1. The number of aromatic nitrogens is 1. The molecule has 1 aliphatic heterocycles. The molecule has 0 aliphatic carbocycles. The van der Waals surface area contributed by atoms with Crippen molar-refractivity contribution in [2.45, 2.75) is 19.9 Å². The van der Waals surface area contributed by atoms with E-state index in [0.717, 1.165) is 52.8 Å². The number of nitrogens with one attached hydrogen (secondary N) is 1. The zero-order valence-corrected chi connectivity index (χ0v) is 12.4. The van der Waals surface area contributed by atoms with Crippen molar-refractivity contribution in [1.29, 1.82) is 5.41 Å². The van der Waals surface area contributed by atoms with Crippen molar-refractivity contribution >= 4 is 28.3 Å². The zero-order valence-electron chi connectivity index (χ0n) is 11.6. The second-order valence-corrected chi connectivity index (χ2v) is 5.79. The number of aryl methyl sites for hydroxylation is 1. The van der Waals surface area contributed by atoms with Gasteiger partial charge in [0.15, 0.2) is 0 Å². The summed E-state index contributed by atoms with van der Waals surface area (Å²) in [5, 5.41) is 9.57. The van der Waals surface area contributed by atoms with Gasteiger partial charge in [0.25, 0.3) is 0 Å². The normalized spacial score (nSPS) is 15.3. The molecule has 0 spiro atoms. The van der Waals surface area contributed by atoms with Crippen molar-refractivity contribution in [2.24, 2.45) is 5.73 Å². The average Bonchev–Trinajstić information content (AvgIpc) is 2.40. The molecule has 1 aromatic carbocycles. The minimum absolute atomic E-state index is 0.102. The number of halogens is 1. The number of fused-ring (bicyclic) bond motifs is 2. The molecule has 0 radical (unpaired) electrons. The molecule has 1 aromatic heterocycles. The van der Waals surface area contributed by atoms with Gasteiger partial charge in [-0.3, -0.25) is 10.4 Å². The van der Waals surface area contributed by atoms with E-state index in [9.17, 15) is 0 Å². The first-order chi connectivity index (χ1) is 9.49. The van der Waals surface area contributed by atoms with E-state index in [1.54, 1.807) is 0 Å². The Labute approximate surface area is 123 Å². The second kappa shape index (κ2) is 4.72. The largest absolute Gasteiger partial charge is 0.384 e. The van der Waals surface area contributed by atoms with Crippen LogP contribution < -0.4 is 5.73 Å². The Kier molecular flexibility index (Phi) is 3.15. The summed E-state index contributed by atoms with van der Waals surface area (Å²) in [7, 11) is 2.07. The molecule has 1 aliphatic rings. The summed E-state index contributed by atoms with van der Waals surface area (Å²) >= 11 is 6.19. The molecule has 2 heterocycles. The number of nitrogens with two attached hydrogens (primary N) is 1. The molecule has 2 aromatic rings. The minimum Gasteiger partial charge on any atom is -0.384 e. The fourth-order valence-corrected chi connectivity index (χ4v) is 3.01. The number of hydrogen-bond acceptors (Lipinski definition) is 3. The zero-order chi connectivity index (χ0) is 14.4. The highest BCUT2D eigenvalue weighted by Crippen LogP contribution is 2.31. The quantitative estimate of drug-likeness (QED) is 0.626. The lowest BCUT2D eigenvalue weighted by atomic mass is 9.94. The predicted molar refractivity (Wildman–Crippen MR) is 82.5 cm³/mol. The number of rotatable bonds is 1. The van der Waals surface area contributed by atoms with Gasteiger partial charge < -0.3 is 10.6 Å². The minimum atomic E-state index is 0.102. The van der Waals surface area contributed by atoms with Crippen LogP contribution in [0.1, 0.15) is 22.4 Å². The average molecular weight is 289 g/mol. The number of benzene rings is 1. The molecule has 20 heavy (non-hydrogen) atoms. The van der Waals surface area contributed by atoms with Gasteiger partial charge in [0.1, 0.15) is 5.84 Å². The van der Waals surface area contributed by atoms with Crippen molar-refractivity contribution < 1.29 is 0 Å². The lowest BCUT2D eigenvalue weighted by Gasteiger charge is -2.27. The summed E-state index contributed by atoms with van der Waals surface area (Å²) in [6, 6.07) is 3.77. The smallest absolute Gasteiger partial charge is 0.123 e. The summed E-state index contributed by atoms with van der Waals surface area (Å²) in [5.41, 5.74) is 10.6. The molecule has 0 saturated heterocycles. The SMILES string of the molecule is Cc1c(Cl)ccc2c(C(=N)N)c3c(nc12)CCN(C)C3. The molecule has 5 heteroatoms. The van der Waals surface area contributed by atoms with Crippen LogP contribution in [0.2, 0.25) is 5.02 Å². The van der Waals surface area contributed by atoms with Gasteiger partial charge in [0.05, 0.1) is 5.52 Å². The second-order valence-electron chi connectivity index (χ2n) is 5.38. The van der Waals surface area contributed by atoms with Gasteiger partial charge in [-0.05, 0) is 31.2 Å². The van der Waals surface area contributed by atoms with Gasteiger partial charge >= 0.3 is 0 Å². The third-order valence-electron chi connectivity index (χ3n) is 3.96. The summed E-state index contributed by atoms with van der Waals surface area (Å²) in [5.74, 6) is 0.102. The molecule has 0 bridgehead atoms. The topological polar surface area (TPSA) is 66.0 Å². The third kappa shape index (κ3) is 1.96. The van der Waals surface area contributed by atoms with Gasteiger partial charge in [-0.1, -0.05) is 17.7 Å². The number of nitrogen functional groups attached to an aromatic ring is 1. The highest BCUT2D eigenvalue weighted by Gasteiger charge is 2.22. The summed E-state index contributed by atoms with van der Waals surface area (Å²) in [4.78, 5) is 7.02. The fourth-order valence-electron chi connectivity index (χ4n) is 2.86. The first-order valence-electron chi connectivity index (χ1n) is 6.62. The highest BCUT2D eigenvalue weighted by atomic mass is 35.5. The first-order valence-corrected chi connectivity index (χ1v) is 7.00. The van der Waals surface area contributed by atoms with E-state index in [2.05, 4.69) is 11.9 Å². The maximum Gasteiger partial charge on any atom is 0.123 e. The van der Waals surface area contributed by atoms with Crippen LogP contribution in [0, 0.1) is 12.3 Å². The fraction of sp³-hybridized carbons (Fsp3) is 0.333. The first kappa shape index (κ1) is 13.3. The summed E-state index contributed by atoms with van der Waals surface area (Å²) in [6.45, 7) is 3.72. The van der Waals surface area contributed by atoms with E-state index >= 15 is 0 Å². The third-order valence-corrected chi connectivity index (χ3v) is 4.37. The molecule has 0 amide bonds. The number of nitrogens with zero attached hydrogens (tertiary/aromatic N) is 2. The van der Waals surface area contributed by atoms with Gasteiger partial charge in [0.2, 0.25) is 0 Å². The van der Waals surface area contributed by atoms with E-state index in [0.29, 0.717) is 5.02 Å². The highest BCUT2D eigenvalue weighted by molar-refractivity contribution is 6.32. The Morgan fingerprint density at radius 3 is 2.90 bits per heavy atom. The van der Waals surface area contributed by atoms with Gasteiger partial charge in [-0.15, -0.1) is 0 Å². The van der Waals surface area contributed by atoms with Crippen molar-refractivity contribution in [1.82, 2.24) is 9.88 Å². The van der Waals surface area contributed by atoms with Gasteiger partial charge in [0, 0.05) is 41.2 Å². The molecule has 0 unspecified atom stereocenters. The number of pyridine rings is 1. The van der Waals surface area contributed by atoms with E-state index in [4.69, 9.17) is 27.7 Å². The Bertz CT molecular complexity index is 724. The van der Waals surface area contributed by atoms with Crippen molar-refractivity contribution in [3.8, 4) is 0 Å². The van der Waals surface area contributed by atoms with Crippen LogP contribution in [0.15, 0.2) is 12.1 Å². The Hall–Kier alpha value is -1.65. The van der Waals surface area contributed by atoms with E-state index in [1.807, 2.05) is 19.1 Å². The van der Waals surface area contributed by atoms with Crippen molar-refractivity contribution in [2.75, 3.05) is 13.6 Å². The maximum atomic E-state index is 7.95. The lowest BCUT2D eigenvalue weighted by molar-refractivity contribution is 0.310. The summed E-state index contributed by atoms with van der Waals surface area (Å²) in [6.07, 6.45) is 0.883. The van der Waals surface area contributed by atoms with E-state index in [-0.39, 0.29) is 5.84 Å². The van der Waals surface area contributed by atoms with Crippen LogP contribution >= 0.6 is 11.6 Å². The van der Waals surface area contributed by atoms with Crippen LogP contribution in [-0.4, -0.2) is 29.3 Å². The molecule has 3 N–H and O–H groups in total. The summed E-state index contributed by atoms with van der Waals surface area (Å²) < 4.78 is 0. The Balaban J connectivity index is 2.41. The molecule has 0 atom stereocenters. The van der Waals surface area contributed by atoms with Crippen molar-refractivity contribution in [3.63, 3.8) is 0 Å². The Morgan fingerprint density at radius 2 is 2.20 bits per heavy atom. The van der Waals surface area contributed by atoms with Crippen LogP contribution in [-0.2, 0) is 13.0 Å². The maximum absolute atomic E-state index is 7.95. The predicted octanol–water partition coefficient (Wildman–Crippen LogP) is 2.47. The van der Waals surface area contributed by atoms with Crippen LogP contribution in [0.25, 0.3) is 10.9 Å². The molecule has 0 saturated carbocycles. The molecule has 3 rings (SSSR count). The van der Waals surface area contributed by atoms with Crippen molar-refractivity contribution in [3.05, 3.63) is 39.5 Å². The molecule has 104 valence electrons. The van der Waals surface area contributed by atoms with Gasteiger partial charge in [-0.2, -0.15) is 0 Å². The van der Waals surface area contributed by atoms with Gasteiger partial charge in [-0.25, -0.2) is 0 Å².